The largest absolute Gasteiger partial charge is 0.468 e. The molecule has 1 N–H and O–H groups in total. The molecule has 1 aromatic carbocycles. The molecule has 1 atom stereocenters. The van der Waals surface area contributed by atoms with Gasteiger partial charge in [0, 0.05) is 30.0 Å². The fourth-order valence-corrected chi connectivity index (χ4v) is 3.55. The van der Waals surface area contributed by atoms with Crippen LogP contribution in [0.15, 0.2) is 47.1 Å². The quantitative estimate of drug-likeness (QED) is 0.687. The zero-order valence-electron chi connectivity index (χ0n) is 15.3. The van der Waals surface area contributed by atoms with Crippen molar-refractivity contribution in [2.24, 2.45) is 0 Å². The monoisotopic (exact) mass is 388 g/mol. The zero-order valence-corrected chi connectivity index (χ0v) is 16.1. The molecule has 0 saturated carbocycles. The summed E-state index contributed by atoms with van der Waals surface area (Å²) in [6.07, 6.45) is 5.61. The smallest absolute Gasteiger partial charge is 0.220 e. The SMILES string of the molecule is O=C(CCC(=O)c1ccc(Cl)cc1)NCC(c1ccco1)N1CCCCC1. The van der Waals surface area contributed by atoms with E-state index in [1.54, 1.807) is 30.5 Å². The number of piperidine rings is 1. The van der Waals surface area contributed by atoms with Gasteiger partial charge in [0.2, 0.25) is 5.91 Å². The molecule has 0 bridgehead atoms. The summed E-state index contributed by atoms with van der Waals surface area (Å²) < 4.78 is 5.59. The number of amides is 1. The molecule has 144 valence electrons. The molecule has 1 amide bonds. The van der Waals surface area contributed by atoms with E-state index in [-0.39, 0.29) is 30.6 Å². The van der Waals surface area contributed by atoms with Gasteiger partial charge in [0.15, 0.2) is 5.78 Å². The summed E-state index contributed by atoms with van der Waals surface area (Å²) in [7, 11) is 0. The number of furan rings is 1. The highest BCUT2D eigenvalue weighted by molar-refractivity contribution is 6.30. The van der Waals surface area contributed by atoms with Gasteiger partial charge < -0.3 is 9.73 Å². The molecule has 1 fully saturated rings. The Morgan fingerprint density at radius 2 is 1.81 bits per heavy atom. The van der Waals surface area contributed by atoms with E-state index in [4.69, 9.17) is 16.0 Å². The number of hydrogen-bond acceptors (Lipinski definition) is 4. The lowest BCUT2D eigenvalue weighted by atomic mass is 10.1. The fourth-order valence-electron chi connectivity index (χ4n) is 3.43. The van der Waals surface area contributed by atoms with Crippen LogP contribution in [0.2, 0.25) is 5.02 Å². The minimum absolute atomic E-state index is 0.0382. The van der Waals surface area contributed by atoms with Crippen molar-refractivity contribution < 1.29 is 14.0 Å². The Bertz CT molecular complexity index is 737. The van der Waals surface area contributed by atoms with Crippen LogP contribution in [-0.2, 0) is 4.79 Å². The summed E-state index contributed by atoms with van der Waals surface area (Å²) in [5, 5.41) is 3.56. The van der Waals surface area contributed by atoms with Gasteiger partial charge in [-0.1, -0.05) is 18.0 Å². The Kier molecular flexibility index (Phi) is 7.07. The molecular formula is C21H25ClN2O3. The topological polar surface area (TPSA) is 62.6 Å². The predicted molar refractivity (Wildman–Crippen MR) is 105 cm³/mol. The van der Waals surface area contributed by atoms with Crippen LogP contribution in [0.3, 0.4) is 0 Å². The number of rotatable bonds is 8. The van der Waals surface area contributed by atoms with Crippen molar-refractivity contribution in [1.82, 2.24) is 10.2 Å². The molecule has 1 aromatic heterocycles. The molecule has 1 unspecified atom stereocenters. The van der Waals surface area contributed by atoms with E-state index >= 15 is 0 Å². The number of carbonyl (C=O) groups is 2. The summed E-state index contributed by atoms with van der Waals surface area (Å²) in [6, 6.07) is 10.6. The van der Waals surface area contributed by atoms with E-state index in [0.717, 1.165) is 18.8 Å². The Labute approximate surface area is 164 Å². The molecule has 5 nitrogen and oxygen atoms in total. The number of halogens is 1. The van der Waals surface area contributed by atoms with Crippen LogP contribution >= 0.6 is 11.6 Å². The first kappa shape index (κ1) is 19.6. The van der Waals surface area contributed by atoms with Gasteiger partial charge in [-0.3, -0.25) is 14.5 Å². The Morgan fingerprint density at radius 1 is 1.07 bits per heavy atom. The molecule has 1 aliphatic rings. The fraction of sp³-hybridized carbons (Fsp3) is 0.429. The molecule has 2 aromatic rings. The van der Waals surface area contributed by atoms with Crippen LogP contribution in [-0.4, -0.2) is 36.2 Å². The molecule has 27 heavy (non-hydrogen) atoms. The average molecular weight is 389 g/mol. The maximum atomic E-state index is 12.3. The van der Waals surface area contributed by atoms with Gasteiger partial charge in [-0.15, -0.1) is 0 Å². The number of nitrogens with one attached hydrogen (secondary N) is 1. The van der Waals surface area contributed by atoms with E-state index < -0.39 is 0 Å². The average Bonchev–Trinajstić information content (AvgIpc) is 3.22. The molecule has 6 heteroatoms. The van der Waals surface area contributed by atoms with E-state index in [1.807, 2.05) is 12.1 Å². The molecule has 1 saturated heterocycles. The van der Waals surface area contributed by atoms with Crippen LogP contribution in [0, 0.1) is 0 Å². The predicted octanol–water partition coefficient (Wildman–Crippen LogP) is 4.24. The van der Waals surface area contributed by atoms with Crippen molar-refractivity contribution in [2.75, 3.05) is 19.6 Å². The normalized spacial score (nSPS) is 16.0. The van der Waals surface area contributed by atoms with Crippen molar-refractivity contribution in [2.45, 2.75) is 38.1 Å². The van der Waals surface area contributed by atoms with Gasteiger partial charge in [-0.05, 0) is 62.3 Å². The first-order chi connectivity index (χ1) is 13.1. The summed E-state index contributed by atoms with van der Waals surface area (Å²) in [4.78, 5) is 26.8. The van der Waals surface area contributed by atoms with Crippen LogP contribution in [0.1, 0.15) is 54.3 Å². The highest BCUT2D eigenvalue weighted by atomic mass is 35.5. The summed E-state index contributed by atoms with van der Waals surface area (Å²) >= 11 is 5.83. The van der Waals surface area contributed by atoms with Gasteiger partial charge in [-0.25, -0.2) is 0 Å². The Balaban J connectivity index is 1.50. The number of carbonyl (C=O) groups excluding carboxylic acids is 2. The first-order valence-electron chi connectivity index (χ1n) is 9.46. The van der Waals surface area contributed by atoms with Gasteiger partial charge in [0.25, 0.3) is 0 Å². The molecule has 3 rings (SSSR count). The van der Waals surface area contributed by atoms with Gasteiger partial charge in [-0.2, -0.15) is 0 Å². The maximum Gasteiger partial charge on any atom is 0.220 e. The number of nitrogens with zero attached hydrogens (tertiary/aromatic N) is 1. The third-order valence-corrected chi connectivity index (χ3v) is 5.19. The number of ketones is 1. The Morgan fingerprint density at radius 3 is 2.48 bits per heavy atom. The Hall–Kier alpha value is -2.11. The number of likely N-dealkylation sites (tertiary alicyclic amines) is 1. The minimum atomic E-state index is -0.120. The number of Topliss-reactive ketones (excluding diaryl/α,β-unsaturated/α-hetero) is 1. The molecule has 2 heterocycles. The summed E-state index contributed by atoms with van der Waals surface area (Å²) in [5.74, 6) is 0.695. The van der Waals surface area contributed by atoms with Crippen molar-refractivity contribution in [3.05, 3.63) is 59.0 Å². The summed E-state index contributed by atoms with van der Waals surface area (Å²) in [6.45, 7) is 2.51. The second-order valence-corrected chi connectivity index (χ2v) is 7.30. The minimum Gasteiger partial charge on any atom is -0.468 e. The van der Waals surface area contributed by atoms with Crippen LogP contribution in [0.4, 0.5) is 0 Å². The molecule has 0 spiro atoms. The lowest BCUT2D eigenvalue weighted by Gasteiger charge is -2.33. The lowest BCUT2D eigenvalue weighted by Crippen LogP contribution is -2.40. The van der Waals surface area contributed by atoms with Gasteiger partial charge in [0.05, 0.1) is 12.3 Å². The van der Waals surface area contributed by atoms with E-state index in [2.05, 4.69) is 10.2 Å². The molecule has 0 radical (unpaired) electrons. The third-order valence-electron chi connectivity index (χ3n) is 4.94. The number of benzene rings is 1. The van der Waals surface area contributed by atoms with Crippen molar-refractivity contribution in [3.63, 3.8) is 0 Å². The van der Waals surface area contributed by atoms with Crippen molar-refractivity contribution in [1.29, 1.82) is 0 Å². The van der Waals surface area contributed by atoms with E-state index in [1.165, 1.54) is 19.3 Å². The van der Waals surface area contributed by atoms with E-state index in [0.29, 0.717) is 17.1 Å². The van der Waals surface area contributed by atoms with Gasteiger partial charge >= 0.3 is 0 Å². The molecular weight excluding hydrogens is 364 g/mol. The highest BCUT2D eigenvalue weighted by Crippen LogP contribution is 2.24. The highest BCUT2D eigenvalue weighted by Gasteiger charge is 2.24. The second-order valence-electron chi connectivity index (χ2n) is 6.86. The van der Waals surface area contributed by atoms with Crippen LogP contribution in [0.25, 0.3) is 0 Å². The zero-order chi connectivity index (χ0) is 19.1. The molecule has 0 aliphatic carbocycles. The number of hydrogen-bond donors (Lipinski definition) is 1. The van der Waals surface area contributed by atoms with Crippen LogP contribution in [0.5, 0.6) is 0 Å². The summed E-state index contributed by atoms with van der Waals surface area (Å²) in [5.41, 5.74) is 0.578. The second kappa shape index (κ2) is 9.72. The standard InChI is InChI=1S/C21H25ClN2O3/c22-17-8-6-16(7-9-17)19(25)10-11-21(26)23-15-18(20-5-4-14-27-20)24-12-2-1-3-13-24/h4-9,14,18H,1-3,10-13,15H2,(H,23,26). The molecule has 1 aliphatic heterocycles. The van der Waals surface area contributed by atoms with Crippen LogP contribution < -0.4 is 5.32 Å². The van der Waals surface area contributed by atoms with E-state index in [9.17, 15) is 9.59 Å². The first-order valence-corrected chi connectivity index (χ1v) is 9.84. The third kappa shape index (κ3) is 5.68. The van der Waals surface area contributed by atoms with Crippen molar-refractivity contribution in [3.8, 4) is 0 Å². The maximum absolute atomic E-state index is 12.3. The lowest BCUT2D eigenvalue weighted by molar-refractivity contribution is -0.121. The van der Waals surface area contributed by atoms with Gasteiger partial charge in [0.1, 0.15) is 5.76 Å². The van der Waals surface area contributed by atoms with Crippen molar-refractivity contribution >= 4 is 23.3 Å².